The first kappa shape index (κ1) is 15.2. The molecule has 0 aromatic heterocycles. The lowest BCUT2D eigenvalue weighted by atomic mass is 9.88. The third kappa shape index (κ3) is 3.48. The Labute approximate surface area is 125 Å². The van der Waals surface area contributed by atoms with Gasteiger partial charge in [0.15, 0.2) is 0 Å². The molecule has 110 valence electrons. The summed E-state index contributed by atoms with van der Waals surface area (Å²) in [6.45, 7) is 2.76. The highest BCUT2D eigenvalue weighted by Gasteiger charge is 2.31. The van der Waals surface area contributed by atoms with Crippen LogP contribution in [-0.4, -0.2) is 28.6 Å². The molecule has 1 aliphatic rings. The molecule has 1 aromatic carbocycles. The van der Waals surface area contributed by atoms with Crippen LogP contribution in [0.4, 0.5) is 5.69 Å². The van der Waals surface area contributed by atoms with Crippen molar-refractivity contribution >= 4 is 23.4 Å². The summed E-state index contributed by atoms with van der Waals surface area (Å²) in [4.78, 5) is 11.3. The van der Waals surface area contributed by atoms with Gasteiger partial charge in [-0.3, -0.25) is 0 Å². The molecule has 0 spiro atoms. The van der Waals surface area contributed by atoms with Gasteiger partial charge in [0.2, 0.25) is 0 Å². The number of thioether (sulfide) groups is 1. The van der Waals surface area contributed by atoms with Crippen LogP contribution in [0.3, 0.4) is 0 Å². The highest BCUT2D eigenvalue weighted by molar-refractivity contribution is 8.00. The number of hydrogen-bond acceptors (Lipinski definition) is 3. The minimum absolute atomic E-state index is 0.263. The first-order chi connectivity index (χ1) is 9.56. The summed E-state index contributed by atoms with van der Waals surface area (Å²) in [5.74, 6) is -0.863. The second-order valence-corrected chi connectivity index (χ2v) is 6.93. The van der Waals surface area contributed by atoms with Gasteiger partial charge in [0.05, 0.1) is 5.56 Å². The number of carboxylic acid groups (broad SMARTS) is 1. The van der Waals surface area contributed by atoms with Crippen LogP contribution in [0.1, 0.15) is 48.0 Å². The van der Waals surface area contributed by atoms with Crippen molar-refractivity contribution in [3.8, 4) is 0 Å². The van der Waals surface area contributed by atoms with Crippen LogP contribution < -0.4 is 5.32 Å². The number of hydrogen-bond donors (Lipinski definition) is 2. The maximum atomic E-state index is 11.3. The molecule has 20 heavy (non-hydrogen) atoms. The largest absolute Gasteiger partial charge is 0.478 e. The lowest BCUT2D eigenvalue weighted by molar-refractivity contribution is 0.0698. The van der Waals surface area contributed by atoms with Crippen molar-refractivity contribution in [3.05, 3.63) is 29.3 Å². The van der Waals surface area contributed by atoms with Gasteiger partial charge in [-0.05, 0) is 38.2 Å². The van der Waals surface area contributed by atoms with Crippen LogP contribution in [0, 0.1) is 6.92 Å². The van der Waals surface area contributed by atoms with Gasteiger partial charge in [0.25, 0.3) is 0 Å². The molecule has 1 saturated carbocycles. The second-order valence-electron chi connectivity index (χ2n) is 5.66. The molecule has 0 aliphatic heterocycles. The Kier molecular flexibility index (Phi) is 4.97. The Morgan fingerprint density at radius 3 is 2.65 bits per heavy atom. The highest BCUT2D eigenvalue weighted by atomic mass is 32.2. The van der Waals surface area contributed by atoms with Gasteiger partial charge < -0.3 is 10.4 Å². The summed E-state index contributed by atoms with van der Waals surface area (Å²) >= 11 is 1.92. The molecule has 0 atom stereocenters. The SMILES string of the molecule is CSC1(CNc2ccc(C)cc2C(=O)O)CCCCC1. The zero-order valence-corrected chi connectivity index (χ0v) is 13.1. The minimum atomic E-state index is -0.863. The molecule has 1 fully saturated rings. The molecule has 2 rings (SSSR count). The standard InChI is InChI=1S/C16H23NO2S/c1-12-6-7-14(13(10-12)15(18)19)17-11-16(20-2)8-4-3-5-9-16/h6-7,10,17H,3-5,8-9,11H2,1-2H3,(H,18,19). The Hall–Kier alpha value is -1.16. The Bertz CT molecular complexity index is 481. The topological polar surface area (TPSA) is 49.3 Å². The molecule has 0 unspecified atom stereocenters. The first-order valence-electron chi connectivity index (χ1n) is 7.19. The van der Waals surface area contributed by atoms with E-state index in [4.69, 9.17) is 0 Å². The number of rotatable bonds is 5. The van der Waals surface area contributed by atoms with E-state index >= 15 is 0 Å². The summed E-state index contributed by atoms with van der Waals surface area (Å²) in [5.41, 5.74) is 2.09. The summed E-state index contributed by atoms with van der Waals surface area (Å²) < 4.78 is 0.263. The van der Waals surface area contributed by atoms with E-state index in [-0.39, 0.29) is 4.75 Å². The number of carboxylic acids is 1. The lowest BCUT2D eigenvalue weighted by Crippen LogP contribution is -2.35. The fourth-order valence-corrected chi connectivity index (χ4v) is 3.81. The lowest BCUT2D eigenvalue weighted by Gasteiger charge is -2.36. The van der Waals surface area contributed by atoms with Crippen LogP contribution in [0.5, 0.6) is 0 Å². The van der Waals surface area contributed by atoms with E-state index in [0.717, 1.165) is 17.8 Å². The molecule has 0 bridgehead atoms. The highest BCUT2D eigenvalue weighted by Crippen LogP contribution is 2.38. The molecule has 1 aromatic rings. The van der Waals surface area contributed by atoms with Crippen molar-refractivity contribution < 1.29 is 9.90 Å². The van der Waals surface area contributed by atoms with Crippen LogP contribution in [0.2, 0.25) is 0 Å². The monoisotopic (exact) mass is 293 g/mol. The number of aromatic carboxylic acids is 1. The molecule has 0 radical (unpaired) electrons. The normalized spacial score (nSPS) is 17.7. The molecular weight excluding hydrogens is 270 g/mol. The van der Waals surface area contributed by atoms with Gasteiger partial charge in [-0.15, -0.1) is 0 Å². The zero-order chi connectivity index (χ0) is 14.6. The fraction of sp³-hybridized carbons (Fsp3) is 0.562. The average Bonchev–Trinajstić information content (AvgIpc) is 2.47. The minimum Gasteiger partial charge on any atom is -0.478 e. The zero-order valence-electron chi connectivity index (χ0n) is 12.2. The second kappa shape index (κ2) is 6.53. The molecular formula is C16H23NO2S. The molecule has 4 heteroatoms. The van der Waals surface area contributed by atoms with Crippen molar-refractivity contribution in [1.29, 1.82) is 0 Å². The molecule has 0 saturated heterocycles. The van der Waals surface area contributed by atoms with E-state index < -0.39 is 5.97 Å². The number of carbonyl (C=O) groups is 1. The van der Waals surface area contributed by atoms with Crippen molar-refractivity contribution in [2.75, 3.05) is 18.1 Å². The van der Waals surface area contributed by atoms with Gasteiger partial charge in [-0.25, -0.2) is 4.79 Å². The Morgan fingerprint density at radius 1 is 1.35 bits per heavy atom. The summed E-state index contributed by atoms with van der Waals surface area (Å²) in [6, 6.07) is 5.58. The van der Waals surface area contributed by atoms with Gasteiger partial charge in [-0.1, -0.05) is 30.9 Å². The van der Waals surface area contributed by atoms with Crippen molar-refractivity contribution in [1.82, 2.24) is 0 Å². The summed E-state index contributed by atoms with van der Waals surface area (Å²) in [7, 11) is 0. The molecule has 3 nitrogen and oxygen atoms in total. The number of anilines is 1. The van der Waals surface area contributed by atoms with Gasteiger partial charge in [0.1, 0.15) is 0 Å². The van der Waals surface area contributed by atoms with E-state index in [1.807, 2.05) is 30.8 Å². The quantitative estimate of drug-likeness (QED) is 0.855. The van der Waals surface area contributed by atoms with Crippen LogP contribution in [0.15, 0.2) is 18.2 Å². The van der Waals surface area contributed by atoms with Crippen LogP contribution in [0.25, 0.3) is 0 Å². The van der Waals surface area contributed by atoms with Crippen LogP contribution >= 0.6 is 11.8 Å². The van der Waals surface area contributed by atoms with Gasteiger partial charge in [0, 0.05) is 17.0 Å². The summed E-state index contributed by atoms with van der Waals surface area (Å²) in [6.07, 6.45) is 8.49. The molecule has 0 amide bonds. The smallest absolute Gasteiger partial charge is 0.337 e. The summed E-state index contributed by atoms with van der Waals surface area (Å²) in [5, 5.41) is 12.7. The van der Waals surface area contributed by atoms with Gasteiger partial charge in [-0.2, -0.15) is 11.8 Å². The number of nitrogens with one attached hydrogen (secondary N) is 1. The van der Waals surface area contributed by atoms with Crippen molar-refractivity contribution in [2.45, 2.75) is 43.8 Å². The van der Waals surface area contributed by atoms with E-state index in [1.165, 1.54) is 32.1 Å². The van der Waals surface area contributed by atoms with Crippen LogP contribution in [-0.2, 0) is 0 Å². The predicted molar refractivity (Wildman–Crippen MR) is 86.0 cm³/mol. The predicted octanol–water partition coefficient (Wildman–Crippen LogP) is 4.17. The van der Waals surface area contributed by atoms with E-state index in [2.05, 4.69) is 11.6 Å². The number of benzene rings is 1. The maximum absolute atomic E-state index is 11.3. The van der Waals surface area contributed by atoms with E-state index in [0.29, 0.717) is 5.56 Å². The average molecular weight is 293 g/mol. The maximum Gasteiger partial charge on any atom is 0.337 e. The molecule has 0 heterocycles. The Balaban J connectivity index is 2.11. The van der Waals surface area contributed by atoms with Crippen molar-refractivity contribution in [3.63, 3.8) is 0 Å². The fourth-order valence-electron chi connectivity index (χ4n) is 2.89. The third-order valence-corrected chi connectivity index (χ3v) is 5.62. The molecule has 2 N–H and O–H groups in total. The number of aryl methyl sites for hydroxylation is 1. The van der Waals surface area contributed by atoms with E-state index in [1.54, 1.807) is 6.07 Å². The van der Waals surface area contributed by atoms with Crippen molar-refractivity contribution in [2.24, 2.45) is 0 Å². The van der Waals surface area contributed by atoms with E-state index in [9.17, 15) is 9.90 Å². The Morgan fingerprint density at radius 2 is 2.05 bits per heavy atom. The molecule has 1 aliphatic carbocycles. The third-order valence-electron chi connectivity index (χ3n) is 4.20. The van der Waals surface area contributed by atoms with Gasteiger partial charge >= 0.3 is 5.97 Å². The first-order valence-corrected chi connectivity index (χ1v) is 8.42.